The molecule has 1 aromatic heterocycles. The van der Waals surface area contributed by atoms with Gasteiger partial charge in [0.15, 0.2) is 0 Å². The van der Waals surface area contributed by atoms with Crippen LogP contribution in [0.3, 0.4) is 0 Å². The second-order valence-electron chi connectivity index (χ2n) is 7.35. The molecule has 9 heteroatoms. The largest absolute Gasteiger partial charge is 0.508 e. The van der Waals surface area contributed by atoms with Crippen LogP contribution in [0.15, 0.2) is 36.5 Å². The van der Waals surface area contributed by atoms with Crippen molar-refractivity contribution in [2.75, 3.05) is 19.0 Å². The average molecular weight is 412 g/mol. The molecule has 2 heterocycles. The first-order valence-electron chi connectivity index (χ1n) is 9.55. The maximum Gasteiger partial charge on any atom is 0.313 e. The summed E-state index contributed by atoms with van der Waals surface area (Å²) in [6.45, 7) is 2.46. The molecule has 0 unspecified atom stereocenters. The van der Waals surface area contributed by atoms with Crippen molar-refractivity contribution in [2.45, 2.75) is 25.8 Å². The molecular formula is C21H24N4O5. The van der Waals surface area contributed by atoms with Gasteiger partial charge in [-0.15, -0.1) is 0 Å². The average Bonchev–Trinajstić information content (AvgIpc) is 2.73. The maximum absolute atomic E-state index is 13.0. The Kier molecular flexibility index (Phi) is 6.20. The third-order valence-corrected chi connectivity index (χ3v) is 5.12. The zero-order chi connectivity index (χ0) is 21.8. The number of methoxy groups -OCH3 is 1. The van der Waals surface area contributed by atoms with Gasteiger partial charge in [0.2, 0.25) is 5.88 Å². The van der Waals surface area contributed by atoms with Gasteiger partial charge in [-0.3, -0.25) is 14.4 Å². The lowest BCUT2D eigenvalue weighted by Crippen LogP contribution is -2.46. The van der Waals surface area contributed by atoms with Crippen LogP contribution in [0.1, 0.15) is 41.7 Å². The Morgan fingerprint density at radius 1 is 1.23 bits per heavy atom. The molecule has 2 atom stereocenters. The minimum Gasteiger partial charge on any atom is -0.508 e. The van der Waals surface area contributed by atoms with E-state index in [-0.39, 0.29) is 34.8 Å². The fourth-order valence-corrected chi connectivity index (χ4v) is 3.59. The number of primary amides is 1. The Morgan fingerprint density at radius 3 is 2.57 bits per heavy atom. The topological polar surface area (TPSA) is 135 Å². The Morgan fingerprint density at radius 2 is 1.93 bits per heavy atom. The van der Waals surface area contributed by atoms with Crippen molar-refractivity contribution in [1.29, 1.82) is 0 Å². The number of rotatable bonds is 4. The minimum absolute atomic E-state index is 0.00341. The number of nitrogens with two attached hydrogens (primary N) is 1. The molecule has 9 nitrogen and oxygen atoms in total. The molecule has 0 bridgehead atoms. The molecule has 2 aromatic rings. The quantitative estimate of drug-likeness (QED) is 0.656. The molecule has 1 aliphatic rings. The van der Waals surface area contributed by atoms with E-state index in [9.17, 15) is 19.5 Å². The van der Waals surface area contributed by atoms with E-state index >= 15 is 0 Å². The van der Waals surface area contributed by atoms with Crippen molar-refractivity contribution < 1.29 is 24.2 Å². The first-order chi connectivity index (χ1) is 14.3. The molecule has 3 rings (SSSR count). The van der Waals surface area contributed by atoms with Gasteiger partial charge in [-0.1, -0.05) is 19.1 Å². The normalized spacial score (nSPS) is 18.5. The number of piperidine rings is 1. The Balaban J connectivity index is 1.80. The number of phenols is 1. The Labute approximate surface area is 173 Å². The lowest BCUT2D eigenvalue weighted by atomic mass is 9.90. The molecule has 1 aromatic carbocycles. The van der Waals surface area contributed by atoms with E-state index in [1.165, 1.54) is 19.4 Å². The van der Waals surface area contributed by atoms with Crippen molar-refractivity contribution in [3.63, 3.8) is 0 Å². The number of phenolic OH excluding ortho intramolecular Hbond substituents is 1. The standard InChI is InChI=1S/C21H24N4O5/c1-12-3-8-17(13-4-6-15(26)7-5-13)25(11-12)21(29)19(28)24-14-9-16(18(22)27)20(30-2)23-10-14/h4-7,9-10,12,17,26H,3,8,11H2,1-2H3,(H2,22,27)(H,24,28)/t12-,17+/m0/s1. The Hall–Kier alpha value is -3.62. The van der Waals surface area contributed by atoms with Gasteiger partial charge in [0.05, 0.1) is 25.0 Å². The first kappa shape index (κ1) is 21.1. The predicted molar refractivity (Wildman–Crippen MR) is 109 cm³/mol. The van der Waals surface area contributed by atoms with E-state index in [0.717, 1.165) is 12.0 Å². The summed E-state index contributed by atoms with van der Waals surface area (Å²) in [6, 6.07) is 7.67. The van der Waals surface area contributed by atoms with Crippen LogP contribution in [0.25, 0.3) is 0 Å². The monoisotopic (exact) mass is 412 g/mol. The summed E-state index contributed by atoms with van der Waals surface area (Å²) in [5.74, 6) is -1.87. The summed E-state index contributed by atoms with van der Waals surface area (Å²) >= 11 is 0. The molecule has 0 radical (unpaired) electrons. The van der Waals surface area contributed by atoms with Gasteiger partial charge in [-0.05, 0) is 42.5 Å². The smallest absolute Gasteiger partial charge is 0.313 e. The van der Waals surface area contributed by atoms with Crippen LogP contribution in [-0.4, -0.2) is 46.4 Å². The fraction of sp³-hybridized carbons (Fsp3) is 0.333. The van der Waals surface area contributed by atoms with Gasteiger partial charge in [-0.25, -0.2) is 4.98 Å². The van der Waals surface area contributed by atoms with E-state index < -0.39 is 17.7 Å². The number of benzene rings is 1. The summed E-state index contributed by atoms with van der Waals surface area (Å²) in [4.78, 5) is 42.7. The highest BCUT2D eigenvalue weighted by Gasteiger charge is 2.34. The number of likely N-dealkylation sites (tertiary alicyclic amines) is 1. The molecule has 30 heavy (non-hydrogen) atoms. The van der Waals surface area contributed by atoms with E-state index in [1.807, 2.05) is 6.92 Å². The van der Waals surface area contributed by atoms with Gasteiger partial charge in [0.25, 0.3) is 5.91 Å². The lowest BCUT2D eigenvalue weighted by Gasteiger charge is -2.38. The fourth-order valence-electron chi connectivity index (χ4n) is 3.59. The number of hydrogen-bond donors (Lipinski definition) is 3. The van der Waals surface area contributed by atoms with Crippen LogP contribution < -0.4 is 15.8 Å². The summed E-state index contributed by atoms with van der Waals surface area (Å²) in [6.07, 6.45) is 2.91. The summed E-state index contributed by atoms with van der Waals surface area (Å²) in [7, 11) is 1.34. The zero-order valence-corrected chi connectivity index (χ0v) is 16.8. The van der Waals surface area contributed by atoms with Gasteiger partial charge >= 0.3 is 11.8 Å². The summed E-state index contributed by atoms with van der Waals surface area (Å²) < 4.78 is 4.97. The van der Waals surface area contributed by atoms with Gasteiger partial charge in [-0.2, -0.15) is 0 Å². The van der Waals surface area contributed by atoms with Crippen molar-refractivity contribution in [3.05, 3.63) is 47.7 Å². The van der Waals surface area contributed by atoms with E-state index in [2.05, 4.69) is 10.3 Å². The van der Waals surface area contributed by atoms with Crippen molar-refractivity contribution >= 4 is 23.4 Å². The van der Waals surface area contributed by atoms with Crippen LogP contribution in [0.4, 0.5) is 5.69 Å². The number of nitrogens with zero attached hydrogens (tertiary/aromatic N) is 2. The number of amides is 3. The number of carbonyl (C=O) groups is 3. The van der Waals surface area contributed by atoms with Crippen molar-refractivity contribution in [3.8, 4) is 11.6 Å². The number of pyridine rings is 1. The third-order valence-electron chi connectivity index (χ3n) is 5.12. The number of aromatic nitrogens is 1. The Bertz CT molecular complexity index is 960. The number of hydrogen-bond acceptors (Lipinski definition) is 6. The number of aromatic hydroxyl groups is 1. The number of anilines is 1. The highest BCUT2D eigenvalue weighted by atomic mass is 16.5. The lowest BCUT2D eigenvalue weighted by molar-refractivity contribution is -0.146. The van der Waals surface area contributed by atoms with E-state index in [0.29, 0.717) is 13.0 Å². The highest BCUT2D eigenvalue weighted by molar-refractivity contribution is 6.39. The second kappa shape index (κ2) is 8.81. The highest BCUT2D eigenvalue weighted by Crippen LogP contribution is 2.34. The molecule has 1 aliphatic heterocycles. The van der Waals surface area contributed by atoms with Gasteiger partial charge < -0.3 is 25.8 Å². The predicted octanol–water partition coefficient (Wildman–Crippen LogP) is 1.83. The molecule has 1 fully saturated rings. The van der Waals surface area contributed by atoms with Crippen LogP contribution in [0, 0.1) is 5.92 Å². The van der Waals surface area contributed by atoms with Gasteiger partial charge in [0, 0.05) is 6.54 Å². The third kappa shape index (κ3) is 4.51. The molecule has 1 saturated heterocycles. The summed E-state index contributed by atoms with van der Waals surface area (Å²) in [5.41, 5.74) is 6.32. The molecule has 0 spiro atoms. The molecule has 3 amide bonds. The molecule has 4 N–H and O–H groups in total. The number of carbonyl (C=O) groups excluding carboxylic acids is 3. The molecular weight excluding hydrogens is 388 g/mol. The van der Waals surface area contributed by atoms with Gasteiger partial charge in [0.1, 0.15) is 11.3 Å². The van der Waals surface area contributed by atoms with Crippen LogP contribution in [0.2, 0.25) is 0 Å². The van der Waals surface area contributed by atoms with Crippen LogP contribution in [0.5, 0.6) is 11.6 Å². The number of nitrogens with one attached hydrogen (secondary N) is 1. The second-order valence-corrected chi connectivity index (χ2v) is 7.35. The van der Waals surface area contributed by atoms with E-state index in [4.69, 9.17) is 10.5 Å². The molecule has 158 valence electrons. The number of ether oxygens (including phenoxy) is 1. The summed E-state index contributed by atoms with van der Waals surface area (Å²) in [5, 5.41) is 12.0. The molecule has 0 saturated carbocycles. The SMILES string of the molecule is COc1ncc(NC(=O)C(=O)N2C[C@@H](C)CC[C@@H]2c2ccc(O)cc2)cc1C(N)=O. The first-order valence-corrected chi connectivity index (χ1v) is 9.55. The van der Waals surface area contributed by atoms with Crippen LogP contribution in [-0.2, 0) is 9.59 Å². The van der Waals surface area contributed by atoms with E-state index in [1.54, 1.807) is 29.2 Å². The molecule has 0 aliphatic carbocycles. The van der Waals surface area contributed by atoms with Crippen LogP contribution >= 0.6 is 0 Å². The minimum atomic E-state index is -0.838. The van der Waals surface area contributed by atoms with Crippen molar-refractivity contribution in [1.82, 2.24) is 9.88 Å². The zero-order valence-electron chi connectivity index (χ0n) is 16.8. The maximum atomic E-state index is 13.0. The van der Waals surface area contributed by atoms with Crippen molar-refractivity contribution in [2.24, 2.45) is 11.7 Å².